The van der Waals surface area contributed by atoms with Gasteiger partial charge < -0.3 is 14.8 Å². The van der Waals surface area contributed by atoms with Crippen molar-refractivity contribution >= 4 is 17.5 Å². The maximum atomic E-state index is 12.3. The summed E-state index contributed by atoms with van der Waals surface area (Å²) in [6.45, 7) is 6.81. The molecule has 1 atom stereocenters. The van der Waals surface area contributed by atoms with Gasteiger partial charge in [-0.2, -0.15) is 0 Å². The van der Waals surface area contributed by atoms with Gasteiger partial charge >= 0.3 is 0 Å². The molecule has 134 valence electrons. The summed E-state index contributed by atoms with van der Waals surface area (Å²) in [5, 5.41) is 3.49. The van der Waals surface area contributed by atoms with Crippen LogP contribution >= 0.6 is 11.6 Å². The molecular formula is C20H24ClNO3. The molecule has 4 nitrogen and oxygen atoms in total. The Morgan fingerprint density at radius 1 is 1.16 bits per heavy atom. The van der Waals surface area contributed by atoms with Crippen molar-refractivity contribution in [3.63, 3.8) is 0 Å². The third kappa shape index (κ3) is 5.68. The topological polar surface area (TPSA) is 47.6 Å². The normalized spacial score (nSPS) is 11.7. The number of aryl methyl sites for hydroxylation is 1. The van der Waals surface area contributed by atoms with Gasteiger partial charge in [-0.05, 0) is 61.7 Å². The molecule has 5 heteroatoms. The van der Waals surface area contributed by atoms with Crippen molar-refractivity contribution in [2.75, 3.05) is 13.2 Å². The van der Waals surface area contributed by atoms with Crippen molar-refractivity contribution in [1.82, 2.24) is 5.32 Å². The van der Waals surface area contributed by atoms with Gasteiger partial charge in [0.1, 0.15) is 18.1 Å². The highest BCUT2D eigenvalue weighted by atomic mass is 35.5. The molecule has 0 spiro atoms. The Morgan fingerprint density at radius 3 is 2.56 bits per heavy atom. The summed E-state index contributed by atoms with van der Waals surface area (Å²) in [6.07, 6.45) is 0.0358. The molecule has 0 aliphatic heterocycles. The molecule has 2 aromatic carbocycles. The van der Waals surface area contributed by atoms with Gasteiger partial charge in [-0.3, -0.25) is 4.79 Å². The summed E-state index contributed by atoms with van der Waals surface area (Å²) in [5.74, 6) is 1.32. The molecule has 2 rings (SSSR count). The van der Waals surface area contributed by atoms with Crippen LogP contribution in [0.5, 0.6) is 11.5 Å². The average Bonchev–Trinajstić information content (AvgIpc) is 2.61. The molecule has 0 bridgehead atoms. The van der Waals surface area contributed by atoms with Crippen LogP contribution < -0.4 is 14.8 Å². The largest absolute Gasteiger partial charge is 0.491 e. The first kappa shape index (κ1) is 19.1. The van der Waals surface area contributed by atoms with E-state index in [1.807, 2.05) is 39.0 Å². The van der Waals surface area contributed by atoms with Crippen LogP contribution in [-0.2, 0) is 4.79 Å². The van der Waals surface area contributed by atoms with Crippen molar-refractivity contribution < 1.29 is 14.3 Å². The highest BCUT2D eigenvalue weighted by Crippen LogP contribution is 2.20. The van der Waals surface area contributed by atoms with Crippen LogP contribution in [0.4, 0.5) is 0 Å². The SMILES string of the molecule is CCC(Oc1ccc(Cl)cc1)C(=O)NCCOc1cccc(C)c1C. The predicted molar refractivity (Wildman–Crippen MR) is 101 cm³/mol. The maximum absolute atomic E-state index is 12.3. The Balaban J connectivity index is 1.79. The molecule has 0 aliphatic rings. The van der Waals surface area contributed by atoms with Gasteiger partial charge in [0, 0.05) is 5.02 Å². The quantitative estimate of drug-likeness (QED) is 0.713. The number of ether oxygens (including phenoxy) is 2. The molecule has 0 aliphatic carbocycles. The fourth-order valence-electron chi connectivity index (χ4n) is 2.33. The Kier molecular flexibility index (Phi) is 7.14. The minimum Gasteiger partial charge on any atom is -0.491 e. The zero-order valence-corrected chi connectivity index (χ0v) is 15.6. The van der Waals surface area contributed by atoms with E-state index in [2.05, 4.69) is 5.32 Å². The Morgan fingerprint density at radius 2 is 1.88 bits per heavy atom. The van der Waals surface area contributed by atoms with E-state index in [0.29, 0.717) is 30.3 Å². The minimum atomic E-state index is -0.540. The number of rotatable bonds is 8. The molecule has 1 amide bonds. The van der Waals surface area contributed by atoms with Gasteiger partial charge in [0.25, 0.3) is 5.91 Å². The van der Waals surface area contributed by atoms with E-state index in [0.717, 1.165) is 11.3 Å². The number of carbonyl (C=O) groups is 1. The van der Waals surface area contributed by atoms with E-state index in [1.165, 1.54) is 5.56 Å². The number of amides is 1. The van der Waals surface area contributed by atoms with Crippen molar-refractivity contribution in [2.45, 2.75) is 33.3 Å². The summed E-state index contributed by atoms with van der Waals surface area (Å²) in [7, 11) is 0. The molecule has 0 fully saturated rings. The molecule has 0 heterocycles. The summed E-state index contributed by atoms with van der Waals surface area (Å²) < 4.78 is 11.5. The van der Waals surface area contributed by atoms with Crippen molar-refractivity contribution in [3.8, 4) is 11.5 Å². The lowest BCUT2D eigenvalue weighted by Crippen LogP contribution is -2.39. The van der Waals surface area contributed by atoms with Gasteiger partial charge in [0.2, 0.25) is 0 Å². The number of carbonyl (C=O) groups excluding carboxylic acids is 1. The summed E-state index contributed by atoms with van der Waals surface area (Å²) in [6, 6.07) is 12.9. The summed E-state index contributed by atoms with van der Waals surface area (Å²) in [4.78, 5) is 12.3. The van der Waals surface area contributed by atoms with Crippen LogP contribution in [0.3, 0.4) is 0 Å². The lowest BCUT2D eigenvalue weighted by atomic mass is 10.1. The molecule has 1 N–H and O–H groups in total. The van der Waals surface area contributed by atoms with Gasteiger partial charge in [-0.25, -0.2) is 0 Å². The standard InChI is InChI=1S/C20H24ClNO3/c1-4-18(25-17-10-8-16(21)9-11-17)20(23)22-12-13-24-19-7-5-6-14(2)15(19)3/h5-11,18H,4,12-13H2,1-3H3,(H,22,23). The van der Waals surface area contributed by atoms with Crippen molar-refractivity contribution in [2.24, 2.45) is 0 Å². The minimum absolute atomic E-state index is 0.151. The molecule has 0 aromatic heterocycles. The van der Waals surface area contributed by atoms with E-state index in [9.17, 15) is 4.79 Å². The lowest BCUT2D eigenvalue weighted by Gasteiger charge is -2.17. The molecule has 0 radical (unpaired) electrons. The maximum Gasteiger partial charge on any atom is 0.261 e. The fraction of sp³-hybridized carbons (Fsp3) is 0.350. The Labute approximate surface area is 154 Å². The number of hydrogen-bond acceptors (Lipinski definition) is 3. The number of benzene rings is 2. The highest BCUT2D eigenvalue weighted by molar-refractivity contribution is 6.30. The van der Waals surface area contributed by atoms with Crippen LogP contribution in [0.1, 0.15) is 24.5 Å². The zero-order valence-electron chi connectivity index (χ0n) is 14.8. The van der Waals surface area contributed by atoms with Crippen molar-refractivity contribution in [1.29, 1.82) is 0 Å². The first-order valence-electron chi connectivity index (χ1n) is 8.40. The number of halogens is 1. The second kappa shape index (κ2) is 9.33. The lowest BCUT2D eigenvalue weighted by molar-refractivity contribution is -0.128. The first-order valence-corrected chi connectivity index (χ1v) is 8.78. The van der Waals surface area contributed by atoms with E-state index >= 15 is 0 Å². The first-order chi connectivity index (χ1) is 12.0. The summed E-state index contributed by atoms with van der Waals surface area (Å²) in [5.41, 5.74) is 2.30. The highest BCUT2D eigenvalue weighted by Gasteiger charge is 2.17. The average molecular weight is 362 g/mol. The molecule has 0 saturated heterocycles. The van der Waals surface area contributed by atoms with E-state index in [-0.39, 0.29) is 5.91 Å². The van der Waals surface area contributed by atoms with Gasteiger partial charge in [-0.15, -0.1) is 0 Å². The third-order valence-corrected chi connectivity index (χ3v) is 4.22. The van der Waals surface area contributed by atoms with Gasteiger partial charge in [0.05, 0.1) is 6.54 Å². The Bertz CT molecular complexity index is 701. The zero-order chi connectivity index (χ0) is 18.2. The fourth-order valence-corrected chi connectivity index (χ4v) is 2.46. The van der Waals surface area contributed by atoms with E-state index in [1.54, 1.807) is 24.3 Å². The Hall–Kier alpha value is -2.20. The van der Waals surface area contributed by atoms with Gasteiger partial charge in [-0.1, -0.05) is 30.7 Å². The molecule has 2 aromatic rings. The van der Waals surface area contributed by atoms with Crippen LogP contribution in [0, 0.1) is 13.8 Å². The second-order valence-electron chi connectivity index (χ2n) is 5.81. The van der Waals surface area contributed by atoms with Crippen LogP contribution in [0.25, 0.3) is 0 Å². The third-order valence-electron chi connectivity index (χ3n) is 3.97. The van der Waals surface area contributed by atoms with Crippen LogP contribution in [0.2, 0.25) is 5.02 Å². The van der Waals surface area contributed by atoms with Crippen LogP contribution in [-0.4, -0.2) is 25.2 Å². The smallest absolute Gasteiger partial charge is 0.261 e. The number of nitrogens with one attached hydrogen (secondary N) is 1. The number of hydrogen-bond donors (Lipinski definition) is 1. The molecule has 0 saturated carbocycles. The predicted octanol–water partition coefficient (Wildman–Crippen LogP) is 4.31. The molecule has 1 unspecified atom stereocenters. The van der Waals surface area contributed by atoms with Gasteiger partial charge in [0.15, 0.2) is 6.10 Å². The molecule has 25 heavy (non-hydrogen) atoms. The second-order valence-corrected chi connectivity index (χ2v) is 6.24. The van der Waals surface area contributed by atoms with Crippen LogP contribution in [0.15, 0.2) is 42.5 Å². The molecular weight excluding hydrogens is 338 g/mol. The van der Waals surface area contributed by atoms with Crippen molar-refractivity contribution in [3.05, 3.63) is 58.6 Å². The summed E-state index contributed by atoms with van der Waals surface area (Å²) >= 11 is 5.85. The van der Waals surface area contributed by atoms with E-state index < -0.39 is 6.10 Å². The monoisotopic (exact) mass is 361 g/mol. The van der Waals surface area contributed by atoms with E-state index in [4.69, 9.17) is 21.1 Å².